The number of rotatable bonds is 0. The Hall–Kier alpha value is -2.48. The van der Waals surface area contributed by atoms with E-state index in [1.165, 1.54) is 0 Å². The summed E-state index contributed by atoms with van der Waals surface area (Å²) in [6.07, 6.45) is 0. The van der Waals surface area contributed by atoms with Crippen molar-refractivity contribution in [3.63, 3.8) is 0 Å². The van der Waals surface area contributed by atoms with Gasteiger partial charge in [0.1, 0.15) is 0 Å². The van der Waals surface area contributed by atoms with Gasteiger partial charge in [-0.25, -0.2) is 0 Å². The van der Waals surface area contributed by atoms with E-state index in [2.05, 4.69) is 6.07 Å². The Bertz CT molecular complexity index is 804. The molecule has 86 valence electrons. The van der Waals surface area contributed by atoms with E-state index in [0.717, 1.165) is 27.6 Å². The van der Waals surface area contributed by atoms with E-state index in [9.17, 15) is 10.2 Å². The summed E-state index contributed by atoms with van der Waals surface area (Å²) in [5.74, 6) is -0.102. The molecule has 4 rings (SSSR count). The zero-order valence-corrected chi connectivity index (χ0v) is 9.51. The maximum atomic E-state index is 9.96. The van der Waals surface area contributed by atoms with Crippen LogP contribution >= 0.6 is 0 Å². The van der Waals surface area contributed by atoms with Crippen LogP contribution in [0.5, 0.6) is 11.5 Å². The average molecular weight is 234 g/mol. The van der Waals surface area contributed by atoms with Crippen molar-refractivity contribution in [3.8, 4) is 33.8 Å². The fraction of sp³-hybridized carbons (Fsp3) is 0. The molecule has 2 nitrogen and oxygen atoms in total. The van der Waals surface area contributed by atoms with E-state index < -0.39 is 0 Å². The van der Waals surface area contributed by atoms with E-state index in [4.69, 9.17) is 0 Å². The molecule has 0 saturated carbocycles. The molecule has 2 heteroatoms. The van der Waals surface area contributed by atoms with Gasteiger partial charge in [0.25, 0.3) is 0 Å². The molecular formula is C16H10O2. The minimum Gasteiger partial charge on any atom is -0.504 e. The second-order valence-corrected chi connectivity index (χ2v) is 4.57. The van der Waals surface area contributed by atoms with Crippen LogP contribution in [-0.4, -0.2) is 10.2 Å². The van der Waals surface area contributed by atoms with Crippen LogP contribution in [0.1, 0.15) is 0 Å². The largest absolute Gasteiger partial charge is 0.504 e. The number of aromatic hydroxyl groups is 2. The molecule has 3 aromatic rings. The fourth-order valence-electron chi connectivity index (χ4n) is 2.84. The van der Waals surface area contributed by atoms with Gasteiger partial charge in [0.05, 0.1) is 0 Å². The summed E-state index contributed by atoms with van der Waals surface area (Å²) < 4.78 is 0. The molecule has 0 saturated heterocycles. The van der Waals surface area contributed by atoms with Crippen LogP contribution in [0, 0.1) is 0 Å². The van der Waals surface area contributed by atoms with Gasteiger partial charge in [-0.05, 0) is 28.3 Å². The highest BCUT2D eigenvalue weighted by Gasteiger charge is 2.23. The molecule has 0 atom stereocenters. The zero-order chi connectivity index (χ0) is 12.3. The van der Waals surface area contributed by atoms with Gasteiger partial charge >= 0.3 is 0 Å². The monoisotopic (exact) mass is 234 g/mol. The smallest absolute Gasteiger partial charge is 0.165 e. The van der Waals surface area contributed by atoms with Crippen molar-refractivity contribution in [3.05, 3.63) is 48.5 Å². The Morgan fingerprint density at radius 1 is 0.667 bits per heavy atom. The highest BCUT2D eigenvalue weighted by atomic mass is 16.3. The van der Waals surface area contributed by atoms with E-state index in [1.807, 2.05) is 36.4 Å². The van der Waals surface area contributed by atoms with Crippen LogP contribution in [0.25, 0.3) is 33.0 Å². The summed E-state index contributed by atoms with van der Waals surface area (Å²) in [6.45, 7) is 0. The Morgan fingerprint density at radius 3 is 2.11 bits per heavy atom. The van der Waals surface area contributed by atoms with Gasteiger partial charge in [0.2, 0.25) is 0 Å². The molecule has 0 bridgehead atoms. The lowest BCUT2D eigenvalue weighted by atomic mass is 10.0. The van der Waals surface area contributed by atoms with Crippen molar-refractivity contribution in [2.24, 2.45) is 0 Å². The first-order valence-corrected chi connectivity index (χ1v) is 5.85. The topological polar surface area (TPSA) is 40.5 Å². The van der Waals surface area contributed by atoms with Crippen LogP contribution in [-0.2, 0) is 0 Å². The fourth-order valence-corrected chi connectivity index (χ4v) is 2.84. The van der Waals surface area contributed by atoms with Gasteiger partial charge < -0.3 is 10.2 Å². The lowest BCUT2D eigenvalue weighted by Gasteiger charge is -2.06. The van der Waals surface area contributed by atoms with Crippen molar-refractivity contribution in [1.82, 2.24) is 0 Å². The lowest BCUT2D eigenvalue weighted by Crippen LogP contribution is -1.78. The molecule has 18 heavy (non-hydrogen) atoms. The number of fused-ring (bicyclic) bond motifs is 3. The molecular weight excluding hydrogens is 224 g/mol. The minimum atomic E-state index is -0.0636. The van der Waals surface area contributed by atoms with Gasteiger partial charge in [-0.15, -0.1) is 0 Å². The number of hydrogen-bond donors (Lipinski definition) is 2. The second-order valence-electron chi connectivity index (χ2n) is 4.57. The van der Waals surface area contributed by atoms with Crippen LogP contribution in [0.4, 0.5) is 0 Å². The second kappa shape index (κ2) is 3.05. The minimum absolute atomic E-state index is 0.0385. The van der Waals surface area contributed by atoms with Crippen LogP contribution in [0.3, 0.4) is 0 Å². The predicted molar refractivity (Wildman–Crippen MR) is 71.7 cm³/mol. The van der Waals surface area contributed by atoms with Crippen molar-refractivity contribution < 1.29 is 10.2 Å². The normalized spacial score (nSPS) is 11.8. The van der Waals surface area contributed by atoms with Crippen molar-refractivity contribution in [2.45, 2.75) is 0 Å². The summed E-state index contributed by atoms with van der Waals surface area (Å²) in [4.78, 5) is 0. The first kappa shape index (κ1) is 9.54. The Kier molecular flexibility index (Phi) is 1.61. The quantitative estimate of drug-likeness (QED) is 0.453. The summed E-state index contributed by atoms with van der Waals surface area (Å²) >= 11 is 0. The molecule has 0 amide bonds. The lowest BCUT2D eigenvalue weighted by molar-refractivity contribution is 0.408. The van der Waals surface area contributed by atoms with Crippen molar-refractivity contribution in [2.75, 3.05) is 0 Å². The molecule has 0 aromatic heterocycles. The first-order chi connectivity index (χ1) is 8.77. The van der Waals surface area contributed by atoms with Gasteiger partial charge in [-0.2, -0.15) is 0 Å². The number of phenolic OH excluding ortho intramolecular Hbond substituents is 2. The number of hydrogen-bond acceptors (Lipinski definition) is 2. The SMILES string of the molecule is Oc1cc2c3c(cccc3c1O)-c1ccccc1-2. The van der Waals surface area contributed by atoms with Gasteiger partial charge in [0, 0.05) is 10.8 Å². The predicted octanol–water partition coefficient (Wildman–Crippen LogP) is 3.90. The molecule has 0 fully saturated rings. The summed E-state index contributed by atoms with van der Waals surface area (Å²) in [5.41, 5.74) is 4.38. The van der Waals surface area contributed by atoms with Crippen LogP contribution in [0.15, 0.2) is 48.5 Å². The standard InChI is InChI=1S/C16H10O2/c17-14-8-13-10-5-2-1-4-9(10)11-6-3-7-12(15(11)13)16(14)18/h1-8,17-18H. The third kappa shape index (κ3) is 0.979. The summed E-state index contributed by atoms with van der Waals surface area (Å²) in [6, 6.07) is 15.5. The van der Waals surface area contributed by atoms with E-state index in [1.54, 1.807) is 6.07 Å². The van der Waals surface area contributed by atoms with E-state index in [-0.39, 0.29) is 11.5 Å². The van der Waals surface area contributed by atoms with Crippen molar-refractivity contribution in [1.29, 1.82) is 0 Å². The van der Waals surface area contributed by atoms with Gasteiger partial charge in [-0.3, -0.25) is 0 Å². The third-order valence-electron chi connectivity index (χ3n) is 3.62. The number of phenols is 2. The molecule has 1 aliphatic rings. The first-order valence-electron chi connectivity index (χ1n) is 5.85. The maximum absolute atomic E-state index is 9.96. The highest BCUT2D eigenvalue weighted by Crippen LogP contribution is 2.51. The summed E-state index contributed by atoms with van der Waals surface area (Å²) in [5, 5.41) is 21.5. The molecule has 0 radical (unpaired) electrons. The van der Waals surface area contributed by atoms with Crippen LogP contribution in [0.2, 0.25) is 0 Å². The van der Waals surface area contributed by atoms with Crippen LogP contribution < -0.4 is 0 Å². The molecule has 0 aliphatic heterocycles. The molecule has 0 spiro atoms. The average Bonchev–Trinajstić information content (AvgIpc) is 2.72. The van der Waals surface area contributed by atoms with E-state index in [0.29, 0.717) is 5.39 Å². The molecule has 2 N–H and O–H groups in total. The molecule has 3 aromatic carbocycles. The molecule has 0 unspecified atom stereocenters. The third-order valence-corrected chi connectivity index (χ3v) is 3.62. The highest BCUT2D eigenvalue weighted by molar-refractivity contribution is 6.17. The van der Waals surface area contributed by atoms with Gasteiger partial charge in [0.15, 0.2) is 11.5 Å². The van der Waals surface area contributed by atoms with E-state index >= 15 is 0 Å². The van der Waals surface area contributed by atoms with Crippen molar-refractivity contribution >= 4 is 10.8 Å². The Balaban J connectivity index is 2.31. The Labute approximate surface area is 104 Å². The number of benzene rings is 3. The van der Waals surface area contributed by atoms with Gasteiger partial charge in [-0.1, -0.05) is 42.5 Å². The Morgan fingerprint density at radius 2 is 1.33 bits per heavy atom. The molecule has 1 aliphatic carbocycles. The zero-order valence-electron chi connectivity index (χ0n) is 9.51. The molecule has 0 heterocycles. The maximum Gasteiger partial charge on any atom is 0.165 e. The summed E-state index contributed by atoms with van der Waals surface area (Å²) in [7, 11) is 0.